The van der Waals surface area contributed by atoms with E-state index in [1.807, 2.05) is 66.2 Å². The van der Waals surface area contributed by atoms with Crippen molar-refractivity contribution in [3.05, 3.63) is 71.5 Å². The molecule has 3 aromatic rings. The van der Waals surface area contributed by atoms with Crippen LogP contribution in [0.3, 0.4) is 0 Å². The Morgan fingerprint density at radius 2 is 1.89 bits per heavy atom. The number of hydrogen-bond acceptors (Lipinski definition) is 5. The largest absolute Gasteiger partial charge is 0.337 e. The molecule has 0 spiro atoms. The fraction of sp³-hybridized carbons (Fsp3) is 0.318. The summed E-state index contributed by atoms with van der Waals surface area (Å²) in [6.07, 6.45) is 0.810. The second-order valence-electron chi connectivity index (χ2n) is 7.30. The summed E-state index contributed by atoms with van der Waals surface area (Å²) < 4.78 is 5.44. The van der Waals surface area contributed by atoms with Gasteiger partial charge in [-0.1, -0.05) is 53.7 Å². The van der Waals surface area contributed by atoms with Gasteiger partial charge in [0.1, 0.15) is 0 Å². The van der Waals surface area contributed by atoms with Crippen LogP contribution in [0.2, 0.25) is 0 Å². The molecule has 1 unspecified atom stereocenters. The Morgan fingerprint density at radius 3 is 2.68 bits per heavy atom. The fourth-order valence-electron chi connectivity index (χ4n) is 3.67. The van der Waals surface area contributed by atoms with E-state index >= 15 is 0 Å². The molecule has 2 heterocycles. The monoisotopic (exact) mass is 376 g/mol. The highest BCUT2D eigenvalue weighted by atomic mass is 16.5. The number of carbonyl (C=O) groups is 1. The number of likely N-dealkylation sites (tertiary alicyclic amines) is 1. The van der Waals surface area contributed by atoms with Crippen LogP contribution in [0.25, 0.3) is 11.5 Å². The second kappa shape index (κ2) is 7.94. The predicted octanol–water partition coefficient (Wildman–Crippen LogP) is 3.28. The van der Waals surface area contributed by atoms with Crippen molar-refractivity contribution in [3.63, 3.8) is 0 Å². The standard InChI is InChI=1S/C22H24N4O2/c1-16-8-6-7-11-18(16)21-23-20(24-28-21)15-25(2)19-12-13-26(22(19)27)14-17-9-4-3-5-10-17/h3-11,19H,12-15H2,1-2H3. The van der Waals surface area contributed by atoms with Gasteiger partial charge in [-0.3, -0.25) is 9.69 Å². The van der Waals surface area contributed by atoms with E-state index in [0.29, 0.717) is 24.8 Å². The van der Waals surface area contributed by atoms with Crippen molar-refractivity contribution in [1.82, 2.24) is 19.9 Å². The van der Waals surface area contributed by atoms with Crippen LogP contribution < -0.4 is 0 Å². The first-order chi connectivity index (χ1) is 13.6. The number of rotatable bonds is 6. The predicted molar refractivity (Wildman–Crippen MR) is 106 cm³/mol. The van der Waals surface area contributed by atoms with E-state index in [-0.39, 0.29) is 11.9 Å². The van der Waals surface area contributed by atoms with Gasteiger partial charge in [0.15, 0.2) is 5.82 Å². The molecule has 6 nitrogen and oxygen atoms in total. The molecule has 0 N–H and O–H groups in total. The first kappa shape index (κ1) is 18.4. The van der Waals surface area contributed by atoms with Gasteiger partial charge in [0.05, 0.1) is 12.6 Å². The lowest BCUT2D eigenvalue weighted by molar-refractivity contribution is -0.132. The summed E-state index contributed by atoms with van der Waals surface area (Å²) >= 11 is 0. The molecule has 0 aliphatic carbocycles. The maximum atomic E-state index is 12.8. The van der Waals surface area contributed by atoms with Crippen LogP contribution in [0, 0.1) is 6.92 Å². The maximum Gasteiger partial charge on any atom is 0.258 e. The zero-order chi connectivity index (χ0) is 19.5. The minimum Gasteiger partial charge on any atom is -0.337 e. The molecule has 1 amide bonds. The van der Waals surface area contributed by atoms with Gasteiger partial charge in [-0.05, 0) is 37.6 Å². The first-order valence-corrected chi connectivity index (χ1v) is 9.53. The number of amides is 1. The molecular formula is C22H24N4O2. The number of hydrogen-bond donors (Lipinski definition) is 0. The Bertz CT molecular complexity index is 954. The SMILES string of the molecule is Cc1ccccc1-c1nc(CN(C)C2CCN(Cc3ccccc3)C2=O)no1. The summed E-state index contributed by atoms with van der Waals surface area (Å²) in [5.41, 5.74) is 3.18. The summed E-state index contributed by atoms with van der Waals surface area (Å²) in [5.74, 6) is 1.27. The van der Waals surface area contributed by atoms with Gasteiger partial charge < -0.3 is 9.42 Å². The van der Waals surface area contributed by atoms with Gasteiger partial charge >= 0.3 is 0 Å². The molecule has 0 radical (unpaired) electrons. The molecule has 28 heavy (non-hydrogen) atoms. The zero-order valence-corrected chi connectivity index (χ0v) is 16.2. The van der Waals surface area contributed by atoms with E-state index in [1.165, 1.54) is 0 Å². The van der Waals surface area contributed by atoms with Crippen LogP contribution in [0.5, 0.6) is 0 Å². The number of benzene rings is 2. The Morgan fingerprint density at radius 1 is 1.14 bits per heavy atom. The van der Waals surface area contributed by atoms with E-state index in [2.05, 4.69) is 22.3 Å². The number of likely N-dealkylation sites (N-methyl/N-ethyl adjacent to an activating group) is 1. The van der Waals surface area contributed by atoms with Crippen LogP contribution in [-0.4, -0.2) is 45.5 Å². The van der Waals surface area contributed by atoms with Gasteiger partial charge in [0.2, 0.25) is 5.91 Å². The molecule has 6 heteroatoms. The topological polar surface area (TPSA) is 62.5 Å². The quantitative estimate of drug-likeness (QED) is 0.661. The van der Waals surface area contributed by atoms with Crippen molar-refractivity contribution in [1.29, 1.82) is 0 Å². The number of aryl methyl sites for hydroxylation is 1. The highest BCUT2D eigenvalue weighted by molar-refractivity contribution is 5.83. The van der Waals surface area contributed by atoms with Gasteiger partial charge in [-0.2, -0.15) is 4.98 Å². The van der Waals surface area contributed by atoms with E-state index in [1.54, 1.807) is 0 Å². The summed E-state index contributed by atoms with van der Waals surface area (Å²) in [7, 11) is 1.94. The Labute approximate surface area is 164 Å². The molecule has 2 aromatic carbocycles. The second-order valence-corrected chi connectivity index (χ2v) is 7.30. The lowest BCUT2D eigenvalue weighted by Gasteiger charge is -2.22. The molecule has 1 fully saturated rings. The van der Waals surface area contributed by atoms with Crippen molar-refractivity contribution in [2.75, 3.05) is 13.6 Å². The summed E-state index contributed by atoms with van der Waals surface area (Å²) in [5, 5.41) is 4.10. The molecule has 1 saturated heterocycles. The third-order valence-corrected chi connectivity index (χ3v) is 5.25. The van der Waals surface area contributed by atoms with Crippen molar-refractivity contribution in [2.24, 2.45) is 0 Å². The maximum absolute atomic E-state index is 12.8. The van der Waals surface area contributed by atoms with Gasteiger partial charge in [0, 0.05) is 18.7 Å². The third-order valence-electron chi connectivity index (χ3n) is 5.25. The smallest absolute Gasteiger partial charge is 0.258 e. The number of carbonyl (C=O) groups excluding carboxylic acids is 1. The van der Waals surface area contributed by atoms with E-state index in [9.17, 15) is 4.79 Å². The minimum absolute atomic E-state index is 0.149. The first-order valence-electron chi connectivity index (χ1n) is 9.53. The van der Waals surface area contributed by atoms with Crippen molar-refractivity contribution < 1.29 is 9.32 Å². The molecule has 1 atom stereocenters. The van der Waals surface area contributed by atoms with E-state index < -0.39 is 0 Å². The average Bonchev–Trinajstić information content (AvgIpc) is 3.30. The highest BCUT2D eigenvalue weighted by Crippen LogP contribution is 2.23. The van der Waals surface area contributed by atoms with E-state index in [0.717, 1.165) is 29.7 Å². The van der Waals surface area contributed by atoms with Gasteiger partial charge in [-0.25, -0.2) is 0 Å². The number of aromatic nitrogens is 2. The summed E-state index contributed by atoms with van der Waals surface area (Å²) in [6.45, 7) is 3.92. The van der Waals surface area contributed by atoms with Crippen LogP contribution in [0.1, 0.15) is 23.4 Å². The Hall–Kier alpha value is -2.99. The molecule has 4 rings (SSSR count). The molecule has 144 valence electrons. The van der Waals surface area contributed by atoms with Gasteiger partial charge in [-0.15, -0.1) is 0 Å². The minimum atomic E-state index is -0.149. The fourth-order valence-corrected chi connectivity index (χ4v) is 3.67. The molecular weight excluding hydrogens is 352 g/mol. The molecule has 1 aliphatic rings. The van der Waals surface area contributed by atoms with Crippen LogP contribution in [0.4, 0.5) is 0 Å². The van der Waals surface area contributed by atoms with Gasteiger partial charge in [0.25, 0.3) is 5.89 Å². The van der Waals surface area contributed by atoms with Crippen molar-refractivity contribution >= 4 is 5.91 Å². The third kappa shape index (κ3) is 3.82. The average molecular weight is 376 g/mol. The van der Waals surface area contributed by atoms with Crippen LogP contribution >= 0.6 is 0 Å². The number of nitrogens with zero attached hydrogens (tertiary/aromatic N) is 4. The van der Waals surface area contributed by atoms with E-state index in [4.69, 9.17) is 4.52 Å². The Kier molecular flexibility index (Phi) is 5.21. The molecule has 1 aromatic heterocycles. The molecule has 0 bridgehead atoms. The molecule has 1 aliphatic heterocycles. The lowest BCUT2D eigenvalue weighted by atomic mass is 10.1. The Balaban J connectivity index is 1.40. The lowest BCUT2D eigenvalue weighted by Crippen LogP contribution is -2.39. The zero-order valence-electron chi connectivity index (χ0n) is 16.2. The van der Waals surface area contributed by atoms with Crippen LogP contribution in [0.15, 0.2) is 59.1 Å². The molecule has 0 saturated carbocycles. The summed E-state index contributed by atoms with van der Waals surface area (Å²) in [4.78, 5) is 21.3. The highest BCUT2D eigenvalue weighted by Gasteiger charge is 2.34. The normalized spacial score (nSPS) is 16.9. The van der Waals surface area contributed by atoms with Crippen molar-refractivity contribution in [2.45, 2.75) is 32.5 Å². The van der Waals surface area contributed by atoms with Crippen LogP contribution in [-0.2, 0) is 17.9 Å². The van der Waals surface area contributed by atoms with Crippen molar-refractivity contribution in [3.8, 4) is 11.5 Å². The summed E-state index contributed by atoms with van der Waals surface area (Å²) in [6, 6.07) is 17.9.